The van der Waals surface area contributed by atoms with E-state index in [2.05, 4.69) is 109 Å². The van der Waals surface area contributed by atoms with Crippen molar-refractivity contribution >= 4 is 38.6 Å². The first kappa shape index (κ1) is 26.1. The number of amides is 1. The van der Waals surface area contributed by atoms with Crippen molar-refractivity contribution in [2.24, 2.45) is 5.92 Å². The number of benzene rings is 3. The molecule has 0 N–H and O–H groups in total. The van der Waals surface area contributed by atoms with Gasteiger partial charge in [-0.2, -0.15) is 0 Å². The van der Waals surface area contributed by atoms with Gasteiger partial charge in [-0.3, -0.25) is 14.3 Å². The lowest BCUT2D eigenvalue weighted by Gasteiger charge is -2.40. The van der Waals surface area contributed by atoms with Gasteiger partial charge in [0.15, 0.2) is 0 Å². The van der Waals surface area contributed by atoms with Gasteiger partial charge in [-0.25, -0.2) is 4.98 Å². The van der Waals surface area contributed by atoms with E-state index in [9.17, 15) is 4.79 Å². The molecule has 39 heavy (non-hydrogen) atoms. The van der Waals surface area contributed by atoms with E-state index in [4.69, 9.17) is 4.98 Å². The van der Waals surface area contributed by atoms with Gasteiger partial charge in [-0.05, 0) is 73.8 Å². The second-order valence-electron chi connectivity index (χ2n) is 10.7. The predicted octanol–water partition coefficient (Wildman–Crippen LogP) is 5.91. The molecule has 6 nitrogen and oxygen atoms in total. The van der Waals surface area contributed by atoms with E-state index in [0.29, 0.717) is 5.91 Å². The molecule has 1 atom stereocenters. The van der Waals surface area contributed by atoms with E-state index >= 15 is 0 Å². The van der Waals surface area contributed by atoms with Gasteiger partial charge < -0.3 is 9.80 Å². The van der Waals surface area contributed by atoms with Gasteiger partial charge in [-0.15, -0.1) is 0 Å². The number of likely N-dealkylation sites (tertiary alicyclic amines) is 1. The van der Waals surface area contributed by atoms with Crippen LogP contribution in [0, 0.1) is 5.92 Å². The molecule has 2 aliphatic rings. The van der Waals surface area contributed by atoms with Gasteiger partial charge in [0.25, 0.3) is 0 Å². The Morgan fingerprint density at radius 2 is 1.67 bits per heavy atom. The predicted molar refractivity (Wildman–Crippen MR) is 161 cm³/mol. The number of carbonyl (C=O) groups is 1. The number of para-hydroxylation sites is 3. The molecule has 7 heteroatoms. The number of hydrogen-bond donors (Lipinski definition) is 0. The molecule has 3 heterocycles. The van der Waals surface area contributed by atoms with Crippen molar-refractivity contribution in [1.82, 2.24) is 19.4 Å². The molecule has 6 rings (SSSR count). The van der Waals surface area contributed by atoms with Crippen LogP contribution in [0.2, 0.25) is 0 Å². The molecular weight excluding hydrogens is 550 g/mol. The number of fused-ring (bicyclic) bond motifs is 1. The zero-order valence-electron chi connectivity index (χ0n) is 22.6. The van der Waals surface area contributed by atoms with Gasteiger partial charge in [0, 0.05) is 48.6 Å². The third-order valence-electron chi connectivity index (χ3n) is 8.24. The van der Waals surface area contributed by atoms with Crippen molar-refractivity contribution in [3.05, 3.63) is 88.7 Å². The SMILES string of the molecule is CCc1ccccc1N1CCN(C(=O)[C@@H]2CCCN(Cc3nc4ccccc4n3-c3ccc(Br)cc3)C2)CC1. The van der Waals surface area contributed by atoms with Gasteiger partial charge in [0.2, 0.25) is 5.91 Å². The lowest BCUT2D eigenvalue weighted by molar-refractivity contribution is -0.137. The van der Waals surface area contributed by atoms with E-state index in [1.54, 1.807) is 0 Å². The Hall–Kier alpha value is -3.16. The van der Waals surface area contributed by atoms with Crippen molar-refractivity contribution in [3.63, 3.8) is 0 Å². The standard InChI is InChI=1S/C32H36BrN5O/c1-2-24-8-3-5-11-29(24)36-18-20-37(21-19-36)32(39)25-9-7-17-35(22-25)23-31-34-28-10-4-6-12-30(28)38(31)27-15-13-26(33)14-16-27/h3-6,8,10-16,25H,2,7,9,17-23H2,1H3/t25-/m1/s1. The first-order valence-electron chi connectivity index (χ1n) is 14.2. The summed E-state index contributed by atoms with van der Waals surface area (Å²) in [5, 5.41) is 0. The topological polar surface area (TPSA) is 44.6 Å². The van der Waals surface area contributed by atoms with E-state index in [1.165, 1.54) is 11.3 Å². The zero-order valence-corrected chi connectivity index (χ0v) is 24.2. The molecule has 0 bridgehead atoms. The van der Waals surface area contributed by atoms with Crippen LogP contribution in [0.5, 0.6) is 0 Å². The summed E-state index contributed by atoms with van der Waals surface area (Å²) in [5.74, 6) is 1.40. The summed E-state index contributed by atoms with van der Waals surface area (Å²) in [6.07, 6.45) is 3.04. The fraction of sp³-hybridized carbons (Fsp3) is 0.375. The minimum Gasteiger partial charge on any atom is -0.368 e. The molecule has 0 unspecified atom stereocenters. The van der Waals surface area contributed by atoms with E-state index < -0.39 is 0 Å². The summed E-state index contributed by atoms with van der Waals surface area (Å²) >= 11 is 3.56. The normalized spacial score (nSPS) is 18.6. The maximum absolute atomic E-state index is 13.6. The van der Waals surface area contributed by atoms with Crippen LogP contribution in [0.25, 0.3) is 16.7 Å². The molecule has 202 valence electrons. The van der Waals surface area contributed by atoms with Crippen molar-refractivity contribution in [1.29, 1.82) is 0 Å². The van der Waals surface area contributed by atoms with Crippen LogP contribution >= 0.6 is 15.9 Å². The largest absolute Gasteiger partial charge is 0.368 e. The van der Waals surface area contributed by atoms with Crippen molar-refractivity contribution in [3.8, 4) is 5.69 Å². The third kappa shape index (κ3) is 5.48. The van der Waals surface area contributed by atoms with Gasteiger partial charge in [0.1, 0.15) is 5.82 Å². The average Bonchev–Trinajstić information content (AvgIpc) is 3.35. The maximum Gasteiger partial charge on any atom is 0.227 e. The number of aromatic nitrogens is 2. The molecule has 1 aromatic heterocycles. The fourth-order valence-electron chi connectivity index (χ4n) is 6.21. The Balaban J connectivity index is 1.14. The van der Waals surface area contributed by atoms with E-state index in [1.807, 2.05) is 6.07 Å². The Bertz CT molecular complexity index is 1440. The minimum absolute atomic E-state index is 0.0544. The molecule has 4 aromatic rings. The summed E-state index contributed by atoms with van der Waals surface area (Å²) in [6, 6.07) is 25.4. The molecule has 2 saturated heterocycles. The number of halogens is 1. The molecule has 2 fully saturated rings. The summed E-state index contributed by atoms with van der Waals surface area (Å²) in [5.41, 5.74) is 5.93. The monoisotopic (exact) mass is 585 g/mol. The highest BCUT2D eigenvalue weighted by molar-refractivity contribution is 9.10. The lowest BCUT2D eigenvalue weighted by Crippen LogP contribution is -2.52. The van der Waals surface area contributed by atoms with Gasteiger partial charge in [0.05, 0.1) is 23.5 Å². The number of imidazole rings is 1. The minimum atomic E-state index is 0.0544. The van der Waals surface area contributed by atoms with Crippen LogP contribution < -0.4 is 4.90 Å². The molecule has 0 radical (unpaired) electrons. The number of piperidine rings is 1. The maximum atomic E-state index is 13.6. The second-order valence-corrected chi connectivity index (χ2v) is 11.6. The summed E-state index contributed by atoms with van der Waals surface area (Å²) in [4.78, 5) is 25.6. The molecule has 0 aliphatic carbocycles. The third-order valence-corrected chi connectivity index (χ3v) is 8.77. The first-order chi connectivity index (χ1) is 19.1. The van der Waals surface area contributed by atoms with Crippen LogP contribution in [0.4, 0.5) is 5.69 Å². The lowest BCUT2D eigenvalue weighted by atomic mass is 9.96. The Morgan fingerprint density at radius 1 is 0.923 bits per heavy atom. The quantitative estimate of drug-likeness (QED) is 0.282. The van der Waals surface area contributed by atoms with Crippen LogP contribution in [0.3, 0.4) is 0 Å². The number of nitrogens with zero attached hydrogens (tertiary/aromatic N) is 5. The zero-order chi connectivity index (χ0) is 26.8. The smallest absolute Gasteiger partial charge is 0.227 e. The summed E-state index contributed by atoms with van der Waals surface area (Å²) in [6.45, 7) is 8.12. The van der Waals surface area contributed by atoms with Gasteiger partial charge >= 0.3 is 0 Å². The number of anilines is 1. The van der Waals surface area contributed by atoms with Gasteiger partial charge in [-0.1, -0.05) is 53.2 Å². The highest BCUT2D eigenvalue weighted by Gasteiger charge is 2.32. The average molecular weight is 587 g/mol. The number of piperazine rings is 1. The summed E-state index contributed by atoms with van der Waals surface area (Å²) < 4.78 is 3.32. The molecular formula is C32H36BrN5O. The van der Waals surface area contributed by atoms with E-state index in [0.717, 1.165) is 92.1 Å². The molecule has 2 aliphatic heterocycles. The molecule has 1 amide bonds. The number of rotatable bonds is 6. The van der Waals surface area contributed by atoms with E-state index in [-0.39, 0.29) is 5.92 Å². The molecule has 3 aromatic carbocycles. The first-order valence-corrected chi connectivity index (χ1v) is 15.0. The molecule has 0 saturated carbocycles. The van der Waals surface area contributed by atoms with Crippen LogP contribution in [-0.4, -0.2) is 64.5 Å². The summed E-state index contributed by atoms with van der Waals surface area (Å²) in [7, 11) is 0. The molecule has 0 spiro atoms. The Morgan fingerprint density at radius 3 is 2.46 bits per heavy atom. The highest BCUT2D eigenvalue weighted by Crippen LogP contribution is 2.27. The highest BCUT2D eigenvalue weighted by atomic mass is 79.9. The Labute approximate surface area is 239 Å². The second kappa shape index (κ2) is 11.5. The Kier molecular flexibility index (Phi) is 7.71. The number of hydrogen-bond acceptors (Lipinski definition) is 4. The fourth-order valence-corrected chi connectivity index (χ4v) is 6.47. The van der Waals surface area contributed by atoms with Crippen LogP contribution in [0.1, 0.15) is 31.2 Å². The van der Waals surface area contributed by atoms with Crippen molar-refractivity contribution < 1.29 is 4.79 Å². The van der Waals surface area contributed by atoms with Crippen molar-refractivity contribution in [2.45, 2.75) is 32.7 Å². The van der Waals surface area contributed by atoms with Crippen LogP contribution in [0.15, 0.2) is 77.3 Å². The van der Waals surface area contributed by atoms with Crippen molar-refractivity contribution in [2.75, 3.05) is 44.2 Å². The number of carbonyl (C=O) groups excluding carboxylic acids is 1. The van der Waals surface area contributed by atoms with Crippen LogP contribution in [-0.2, 0) is 17.8 Å². The number of aryl methyl sites for hydroxylation is 1.